The smallest absolute Gasteiger partial charge is 0.246 e. The van der Waals surface area contributed by atoms with E-state index in [0.29, 0.717) is 30.3 Å². The molecule has 1 aliphatic rings. The van der Waals surface area contributed by atoms with Crippen LogP contribution in [0.2, 0.25) is 0 Å². The zero-order valence-corrected chi connectivity index (χ0v) is 16.5. The number of aromatic nitrogens is 2. The fraction of sp³-hybridized carbons (Fsp3) is 0.389. The molecule has 2 atom stereocenters. The van der Waals surface area contributed by atoms with Crippen LogP contribution in [0.25, 0.3) is 0 Å². The SMILES string of the molecule is COc1ccc(NC(=O)Cn2cc(NC(=O)[C@H]3NCCO[C@@H]3C)cn2)cc1.Cl. The van der Waals surface area contributed by atoms with Gasteiger partial charge in [0.1, 0.15) is 18.3 Å². The van der Waals surface area contributed by atoms with E-state index in [2.05, 4.69) is 21.0 Å². The molecule has 1 fully saturated rings. The Balaban J connectivity index is 0.00000280. The van der Waals surface area contributed by atoms with Crippen LogP contribution in [0.1, 0.15) is 6.92 Å². The van der Waals surface area contributed by atoms with Gasteiger partial charge >= 0.3 is 0 Å². The zero-order valence-electron chi connectivity index (χ0n) is 15.7. The molecule has 28 heavy (non-hydrogen) atoms. The van der Waals surface area contributed by atoms with Gasteiger partial charge in [0.05, 0.1) is 31.7 Å². The summed E-state index contributed by atoms with van der Waals surface area (Å²) < 4.78 is 12.0. The Kier molecular flexibility index (Phi) is 7.80. The molecule has 3 N–H and O–H groups in total. The molecule has 0 spiro atoms. The van der Waals surface area contributed by atoms with Crippen LogP contribution in [-0.4, -0.2) is 54.0 Å². The molecule has 0 bridgehead atoms. The maximum atomic E-state index is 12.3. The van der Waals surface area contributed by atoms with Crippen molar-refractivity contribution in [1.82, 2.24) is 15.1 Å². The fourth-order valence-corrected chi connectivity index (χ4v) is 2.78. The summed E-state index contributed by atoms with van der Waals surface area (Å²) in [7, 11) is 1.58. The molecule has 1 saturated heterocycles. The maximum absolute atomic E-state index is 12.3. The van der Waals surface area contributed by atoms with Crippen molar-refractivity contribution < 1.29 is 19.1 Å². The van der Waals surface area contributed by atoms with E-state index in [1.807, 2.05) is 6.92 Å². The summed E-state index contributed by atoms with van der Waals surface area (Å²) >= 11 is 0. The van der Waals surface area contributed by atoms with Gasteiger partial charge < -0.3 is 25.4 Å². The van der Waals surface area contributed by atoms with Gasteiger partial charge in [-0.2, -0.15) is 5.10 Å². The van der Waals surface area contributed by atoms with Gasteiger partial charge in [-0.3, -0.25) is 14.3 Å². The number of amides is 2. The van der Waals surface area contributed by atoms with Gasteiger partial charge in [-0.15, -0.1) is 12.4 Å². The molecule has 9 nitrogen and oxygen atoms in total. The van der Waals surface area contributed by atoms with Crippen LogP contribution in [0.3, 0.4) is 0 Å². The second-order valence-electron chi connectivity index (χ2n) is 6.20. The summed E-state index contributed by atoms with van der Waals surface area (Å²) in [4.78, 5) is 24.5. The van der Waals surface area contributed by atoms with Crippen molar-refractivity contribution in [2.24, 2.45) is 0 Å². The van der Waals surface area contributed by atoms with E-state index in [9.17, 15) is 9.59 Å². The Hall–Kier alpha value is -2.62. The highest BCUT2D eigenvalue weighted by Crippen LogP contribution is 2.15. The number of methoxy groups -OCH3 is 1. The molecule has 0 unspecified atom stereocenters. The maximum Gasteiger partial charge on any atom is 0.246 e. The number of ether oxygens (including phenoxy) is 2. The van der Waals surface area contributed by atoms with Gasteiger partial charge in [0.15, 0.2) is 0 Å². The summed E-state index contributed by atoms with van der Waals surface area (Å²) in [5, 5.41) is 12.8. The molecule has 3 rings (SSSR count). The molecule has 0 radical (unpaired) electrons. The molecule has 0 saturated carbocycles. The summed E-state index contributed by atoms with van der Waals surface area (Å²) in [5.41, 5.74) is 1.19. The van der Waals surface area contributed by atoms with Crippen molar-refractivity contribution in [3.05, 3.63) is 36.7 Å². The predicted octanol–water partition coefficient (Wildman–Crippen LogP) is 1.27. The van der Waals surface area contributed by atoms with E-state index in [4.69, 9.17) is 9.47 Å². The number of hydrogen-bond donors (Lipinski definition) is 3. The first-order valence-corrected chi connectivity index (χ1v) is 8.67. The van der Waals surface area contributed by atoms with Crippen LogP contribution >= 0.6 is 12.4 Å². The molecule has 0 aliphatic carbocycles. The molecule has 2 heterocycles. The summed E-state index contributed by atoms with van der Waals surface area (Å²) in [6, 6.07) is 6.63. The lowest BCUT2D eigenvalue weighted by atomic mass is 10.1. The second kappa shape index (κ2) is 10.1. The molecule has 152 valence electrons. The third-order valence-electron chi connectivity index (χ3n) is 4.18. The lowest BCUT2D eigenvalue weighted by molar-refractivity contribution is -0.123. The minimum Gasteiger partial charge on any atom is -0.497 e. The minimum absolute atomic E-state index is 0. The zero-order chi connectivity index (χ0) is 19.2. The minimum atomic E-state index is -0.416. The number of nitrogens with zero attached hydrogens (tertiary/aromatic N) is 2. The molecule has 1 aliphatic heterocycles. The molecule has 1 aromatic carbocycles. The van der Waals surface area contributed by atoms with Crippen LogP contribution < -0.4 is 20.7 Å². The lowest BCUT2D eigenvalue weighted by Crippen LogP contribution is -2.53. The summed E-state index contributed by atoms with van der Waals surface area (Å²) in [6.07, 6.45) is 2.91. The number of carbonyl (C=O) groups is 2. The van der Waals surface area contributed by atoms with E-state index in [1.165, 1.54) is 10.9 Å². The van der Waals surface area contributed by atoms with Crippen molar-refractivity contribution in [2.45, 2.75) is 25.6 Å². The van der Waals surface area contributed by atoms with E-state index >= 15 is 0 Å². The number of carbonyl (C=O) groups excluding carboxylic acids is 2. The Labute approximate surface area is 169 Å². The number of hydrogen-bond acceptors (Lipinski definition) is 6. The number of halogens is 1. The van der Waals surface area contributed by atoms with E-state index in [-0.39, 0.29) is 36.9 Å². The van der Waals surface area contributed by atoms with Gasteiger partial charge in [-0.25, -0.2) is 0 Å². The van der Waals surface area contributed by atoms with Crippen molar-refractivity contribution in [3.63, 3.8) is 0 Å². The largest absolute Gasteiger partial charge is 0.497 e. The van der Waals surface area contributed by atoms with Crippen molar-refractivity contribution in [2.75, 3.05) is 30.9 Å². The predicted molar refractivity (Wildman–Crippen MR) is 107 cm³/mol. The molecule has 1 aromatic heterocycles. The van der Waals surface area contributed by atoms with Gasteiger partial charge in [0, 0.05) is 18.4 Å². The van der Waals surface area contributed by atoms with Crippen molar-refractivity contribution in [3.8, 4) is 5.75 Å². The molecular weight excluding hydrogens is 386 g/mol. The average Bonchev–Trinajstić information content (AvgIpc) is 3.09. The number of morpholine rings is 1. The first-order chi connectivity index (χ1) is 13.0. The molecule has 2 aromatic rings. The monoisotopic (exact) mass is 409 g/mol. The normalized spacial score (nSPS) is 18.6. The Bertz CT molecular complexity index is 796. The van der Waals surface area contributed by atoms with Crippen LogP contribution in [0.5, 0.6) is 5.75 Å². The number of benzene rings is 1. The Morgan fingerprint density at radius 1 is 1.29 bits per heavy atom. The highest BCUT2D eigenvalue weighted by atomic mass is 35.5. The second-order valence-corrected chi connectivity index (χ2v) is 6.20. The van der Waals surface area contributed by atoms with Crippen LogP contribution in [-0.2, 0) is 20.9 Å². The number of anilines is 2. The van der Waals surface area contributed by atoms with Gasteiger partial charge in [0.2, 0.25) is 11.8 Å². The molecule has 10 heteroatoms. The highest BCUT2D eigenvalue weighted by molar-refractivity contribution is 5.95. The quantitative estimate of drug-likeness (QED) is 0.663. The summed E-state index contributed by atoms with van der Waals surface area (Å²) in [6.45, 7) is 3.10. The number of rotatable bonds is 6. The fourth-order valence-electron chi connectivity index (χ4n) is 2.78. The van der Waals surface area contributed by atoms with Gasteiger partial charge in [-0.05, 0) is 31.2 Å². The topological polar surface area (TPSA) is 107 Å². The van der Waals surface area contributed by atoms with Gasteiger partial charge in [0.25, 0.3) is 0 Å². The van der Waals surface area contributed by atoms with E-state index < -0.39 is 6.04 Å². The first kappa shape index (κ1) is 21.7. The Morgan fingerprint density at radius 2 is 2.04 bits per heavy atom. The molecule has 2 amide bonds. The molecular formula is C18H24ClN5O4. The first-order valence-electron chi connectivity index (χ1n) is 8.67. The van der Waals surface area contributed by atoms with Crippen molar-refractivity contribution >= 4 is 35.6 Å². The number of nitrogens with one attached hydrogen (secondary N) is 3. The van der Waals surface area contributed by atoms with Crippen LogP contribution in [0.4, 0.5) is 11.4 Å². The van der Waals surface area contributed by atoms with Crippen LogP contribution in [0, 0.1) is 0 Å². The Morgan fingerprint density at radius 3 is 2.71 bits per heavy atom. The third-order valence-corrected chi connectivity index (χ3v) is 4.18. The van der Waals surface area contributed by atoms with E-state index in [0.717, 1.165) is 0 Å². The standard InChI is InChI=1S/C18H23N5O4.ClH/c1-12-17(19-7-8-27-12)18(25)22-14-9-20-23(10-14)11-16(24)21-13-3-5-15(26-2)6-4-13;/h3-6,9-10,12,17,19H,7-8,11H2,1-2H3,(H,21,24)(H,22,25);1H/t12-,17+;/m1./s1. The third kappa shape index (κ3) is 5.69. The van der Waals surface area contributed by atoms with Crippen LogP contribution in [0.15, 0.2) is 36.7 Å². The van der Waals surface area contributed by atoms with Gasteiger partial charge in [-0.1, -0.05) is 0 Å². The summed E-state index contributed by atoms with van der Waals surface area (Å²) in [5.74, 6) is 0.300. The lowest BCUT2D eigenvalue weighted by Gasteiger charge is -2.29. The van der Waals surface area contributed by atoms with E-state index in [1.54, 1.807) is 37.6 Å². The average molecular weight is 410 g/mol. The highest BCUT2D eigenvalue weighted by Gasteiger charge is 2.28. The van der Waals surface area contributed by atoms with Crippen molar-refractivity contribution in [1.29, 1.82) is 0 Å².